The van der Waals surface area contributed by atoms with Crippen LogP contribution >= 0.6 is 34.8 Å². The van der Waals surface area contributed by atoms with Crippen molar-refractivity contribution in [3.8, 4) is 17.8 Å². The highest BCUT2D eigenvalue weighted by Crippen LogP contribution is 2.30. The van der Waals surface area contributed by atoms with Crippen molar-refractivity contribution in [2.45, 2.75) is 13.3 Å². The Kier molecular flexibility index (Phi) is 5.23. The van der Waals surface area contributed by atoms with Gasteiger partial charge in [0.25, 0.3) is 0 Å². The van der Waals surface area contributed by atoms with Gasteiger partial charge in [-0.05, 0) is 36.2 Å². The molecule has 0 saturated heterocycles. The highest BCUT2D eigenvalue weighted by Gasteiger charge is 2.10. The lowest BCUT2D eigenvalue weighted by Crippen LogP contribution is -2.03. The van der Waals surface area contributed by atoms with Crippen molar-refractivity contribution in [3.05, 3.63) is 33.5 Å². The van der Waals surface area contributed by atoms with E-state index in [1.165, 1.54) is 0 Å². The van der Waals surface area contributed by atoms with Gasteiger partial charge in [0, 0.05) is 5.02 Å². The lowest BCUT2D eigenvalue weighted by atomic mass is 10.3. The lowest BCUT2D eigenvalue weighted by Gasteiger charge is -2.07. The maximum absolute atomic E-state index is 6.00. The Labute approximate surface area is 130 Å². The number of rotatable bonds is 5. The van der Waals surface area contributed by atoms with Crippen LogP contribution in [0.5, 0.6) is 17.8 Å². The van der Waals surface area contributed by atoms with Crippen molar-refractivity contribution in [2.24, 2.45) is 0 Å². The topological polar surface area (TPSA) is 57.1 Å². The zero-order valence-corrected chi connectivity index (χ0v) is 12.7. The van der Waals surface area contributed by atoms with E-state index in [-0.39, 0.29) is 17.3 Å². The summed E-state index contributed by atoms with van der Waals surface area (Å²) in [5.74, 6) is 0.361. The average molecular weight is 335 g/mol. The molecule has 0 bridgehead atoms. The first-order valence-electron chi connectivity index (χ1n) is 5.75. The van der Waals surface area contributed by atoms with Gasteiger partial charge < -0.3 is 9.47 Å². The minimum Gasteiger partial charge on any atom is -0.463 e. The zero-order valence-electron chi connectivity index (χ0n) is 10.4. The summed E-state index contributed by atoms with van der Waals surface area (Å²) in [5, 5.41) is 0.819. The average Bonchev–Trinajstić information content (AvgIpc) is 2.39. The van der Waals surface area contributed by atoms with Gasteiger partial charge in [-0.15, -0.1) is 4.98 Å². The molecule has 0 fully saturated rings. The Balaban J connectivity index is 2.21. The molecular formula is C12H10Cl3N3O2. The van der Waals surface area contributed by atoms with Gasteiger partial charge >= 0.3 is 12.0 Å². The Morgan fingerprint density at radius 2 is 1.80 bits per heavy atom. The number of nitrogens with zero attached hydrogens (tertiary/aromatic N) is 3. The van der Waals surface area contributed by atoms with E-state index in [2.05, 4.69) is 15.0 Å². The van der Waals surface area contributed by atoms with Crippen LogP contribution in [0.3, 0.4) is 0 Å². The molecule has 0 unspecified atom stereocenters. The number of aromatic nitrogens is 3. The number of hydrogen-bond donors (Lipinski definition) is 0. The quantitative estimate of drug-likeness (QED) is 0.810. The Hall–Kier alpha value is -1.30. The maximum Gasteiger partial charge on any atom is 0.329 e. The molecule has 0 radical (unpaired) electrons. The number of benzene rings is 1. The van der Waals surface area contributed by atoms with Crippen LogP contribution in [0.2, 0.25) is 15.3 Å². The van der Waals surface area contributed by atoms with Gasteiger partial charge in [0.1, 0.15) is 5.75 Å². The number of ether oxygens (including phenoxy) is 2. The SMILES string of the molecule is CCCOc1nc(Cl)nc(Oc2ccc(Cl)cc2Cl)n1. The highest BCUT2D eigenvalue weighted by atomic mass is 35.5. The molecule has 2 aromatic rings. The Morgan fingerprint density at radius 1 is 1.05 bits per heavy atom. The third-order valence-corrected chi connectivity index (χ3v) is 2.80. The predicted octanol–water partition coefficient (Wildman–Crippen LogP) is 4.41. The third-order valence-electron chi connectivity index (χ3n) is 2.10. The smallest absolute Gasteiger partial charge is 0.329 e. The van der Waals surface area contributed by atoms with Crippen molar-refractivity contribution in [2.75, 3.05) is 6.61 Å². The Morgan fingerprint density at radius 3 is 2.50 bits per heavy atom. The van der Waals surface area contributed by atoms with Crippen LogP contribution in [0.25, 0.3) is 0 Å². The summed E-state index contributed by atoms with van der Waals surface area (Å²) in [5.41, 5.74) is 0. The second-order valence-corrected chi connectivity index (χ2v) is 4.88. The fourth-order valence-corrected chi connectivity index (χ4v) is 1.87. The summed E-state index contributed by atoms with van der Waals surface area (Å²) in [4.78, 5) is 11.7. The molecule has 0 aliphatic rings. The standard InChI is InChI=1S/C12H10Cl3N3O2/c1-2-5-19-11-16-10(15)17-12(18-11)20-9-4-3-7(13)6-8(9)14/h3-4,6H,2,5H2,1H3. The molecule has 20 heavy (non-hydrogen) atoms. The van der Waals surface area contributed by atoms with Gasteiger partial charge in [-0.3, -0.25) is 0 Å². The normalized spacial score (nSPS) is 10.4. The predicted molar refractivity (Wildman–Crippen MR) is 77.2 cm³/mol. The van der Waals surface area contributed by atoms with Gasteiger partial charge in [0.15, 0.2) is 0 Å². The molecule has 1 aromatic heterocycles. The Bertz CT molecular complexity index is 610. The summed E-state index contributed by atoms with van der Waals surface area (Å²) in [6, 6.07) is 4.90. The fourth-order valence-electron chi connectivity index (χ4n) is 1.27. The van der Waals surface area contributed by atoms with E-state index >= 15 is 0 Å². The van der Waals surface area contributed by atoms with Crippen molar-refractivity contribution in [1.29, 1.82) is 0 Å². The van der Waals surface area contributed by atoms with E-state index in [0.717, 1.165) is 6.42 Å². The molecule has 0 atom stereocenters. The van der Waals surface area contributed by atoms with Gasteiger partial charge in [-0.1, -0.05) is 30.1 Å². The molecule has 8 heteroatoms. The van der Waals surface area contributed by atoms with Crippen LogP contribution < -0.4 is 9.47 Å². The molecule has 5 nitrogen and oxygen atoms in total. The molecule has 0 saturated carbocycles. The van der Waals surface area contributed by atoms with Crippen LogP contribution in [0.15, 0.2) is 18.2 Å². The monoisotopic (exact) mass is 333 g/mol. The minimum atomic E-state index is -0.0220. The molecule has 106 valence electrons. The third kappa shape index (κ3) is 4.10. The van der Waals surface area contributed by atoms with Crippen LogP contribution in [0.1, 0.15) is 13.3 Å². The van der Waals surface area contributed by atoms with E-state index in [1.54, 1.807) is 18.2 Å². The van der Waals surface area contributed by atoms with Gasteiger partial charge in [-0.25, -0.2) is 0 Å². The molecule has 0 aliphatic heterocycles. The van der Waals surface area contributed by atoms with Crippen LogP contribution in [0, 0.1) is 0 Å². The zero-order chi connectivity index (χ0) is 14.5. The molecule has 1 heterocycles. The largest absolute Gasteiger partial charge is 0.463 e. The second-order valence-electron chi connectivity index (χ2n) is 3.69. The van der Waals surface area contributed by atoms with E-state index in [9.17, 15) is 0 Å². The molecular weight excluding hydrogens is 325 g/mol. The highest BCUT2D eigenvalue weighted by molar-refractivity contribution is 6.35. The minimum absolute atomic E-state index is 0.000301. The van der Waals surface area contributed by atoms with E-state index in [0.29, 0.717) is 22.4 Å². The van der Waals surface area contributed by atoms with Gasteiger partial charge in [0.2, 0.25) is 5.28 Å². The van der Waals surface area contributed by atoms with Gasteiger partial charge in [0.05, 0.1) is 11.6 Å². The van der Waals surface area contributed by atoms with Crippen molar-refractivity contribution in [1.82, 2.24) is 15.0 Å². The summed E-state index contributed by atoms with van der Waals surface area (Å²) in [6.07, 6.45) is 0.822. The van der Waals surface area contributed by atoms with Crippen LogP contribution in [-0.4, -0.2) is 21.6 Å². The first-order valence-corrected chi connectivity index (χ1v) is 6.89. The summed E-state index contributed by atoms with van der Waals surface area (Å²) < 4.78 is 10.7. The number of hydrogen-bond acceptors (Lipinski definition) is 5. The van der Waals surface area contributed by atoms with Crippen LogP contribution in [0.4, 0.5) is 0 Å². The van der Waals surface area contributed by atoms with Gasteiger partial charge in [-0.2, -0.15) is 9.97 Å². The molecule has 1 aromatic carbocycles. The molecule has 2 rings (SSSR count). The fraction of sp³-hybridized carbons (Fsp3) is 0.250. The first-order chi connectivity index (χ1) is 9.58. The summed E-state index contributed by atoms with van der Waals surface area (Å²) in [6.45, 7) is 2.44. The second kappa shape index (κ2) is 6.92. The van der Waals surface area contributed by atoms with Crippen molar-refractivity contribution < 1.29 is 9.47 Å². The molecule has 0 spiro atoms. The number of halogens is 3. The van der Waals surface area contributed by atoms with E-state index in [4.69, 9.17) is 44.3 Å². The van der Waals surface area contributed by atoms with E-state index < -0.39 is 0 Å². The van der Waals surface area contributed by atoms with Crippen molar-refractivity contribution in [3.63, 3.8) is 0 Å². The molecule has 0 aliphatic carbocycles. The van der Waals surface area contributed by atoms with Crippen LogP contribution in [-0.2, 0) is 0 Å². The maximum atomic E-state index is 6.00. The lowest BCUT2D eigenvalue weighted by molar-refractivity contribution is 0.284. The summed E-state index contributed by atoms with van der Waals surface area (Å²) in [7, 11) is 0. The van der Waals surface area contributed by atoms with Crippen molar-refractivity contribution >= 4 is 34.8 Å². The molecule has 0 N–H and O–H groups in total. The van der Waals surface area contributed by atoms with E-state index in [1.807, 2.05) is 6.92 Å². The molecule has 0 amide bonds. The first kappa shape index (κ1) is 15.1. The summed E-state index contributed by atoms with van der Waals surface area (Å²) >= 11 is 17.6.